The molecule has 2 aromatic rings. The molecule has 1 aliphatic heterocycles. The number of hydrogen-bond acceptors (Lipinski definition) is 4. The predicted molar refractivity (Wildman–Crippen MR) is 117 cm³/mol. The maximum Gasteiger partial charge on any atom is 0.226 e. The normalized spacial score (nSPS) is 14.2. The van der Waals surface area contributed by atoms with E-state index in [-0.39, 0.29) is 36.6 Å². The Morgan fingerprint density at radius 2 is 1.60 bits per heavy atom. The van der Waals surface area contributed by atoms with Gasteiger partial charge >= 0.3 is 0 Å². The lowest BCUT2D eigenvalue weighted by Gasteiger charge is -2.33. The molecule has 1 aliphatic rings. The number of primary amides is 1. The molecule has 0 aromatic heterocycles. The molecule has 1 heterocycles. The molecule has 0 atom stereocenters. The van der Waals surface area contributed by atoms with Crippen LogP contribution in [0, 0.1) is 5.92 Å². The summed E-state index contributed by atoms with van der Waals surface area (Å²) in [5, 5.41) is 5.73. The van der Waals surface area contributed by atoms with E-state index in [4.69, 9.17) is 5.73 Å². The molecule has 0 saturated carbocycles. The van der Waals surface area contributed by atoms with Crippen molar-refractivity contribution in [3.05, 3.63) is 60.2 Å². The highest BCUT2D eigenvalue weighted by molar-refractivity contribution is 5.94. The van der Waals surface area contributed by atoms with Gasteiger partial charge in [0, 0.05) is 32.0 Å². The van der Waals surface area contributed by atoms with Crippen molar-refractivity contribution in [3.8, 4) is 0 Å². The Labute approximate surface area is 176 Å². The molecule has 0 bridgehead atoms. The van der Waals surface area contributed by atoms with E-state index in [9.17, 15) is 14.4 Å². The molecular weight excluding hydrogens is 380 g/mol. The van der Waals surface area contributed by atoms with Gasteiger partial charge in [-0.1, -0.05) is 42.5 Å². The Balaban J connectivity index is 1.47. The van der Waals surface area contributed by atoms with Crippen LogP contribution in [-0.4, -0.2) is 37.4 Å². The molecule has 0 spiro atoms. The molecule has 0 radical (unpaired) electrons. The summed E-state index contributed by atoms with van der Waals surface area (Å²) in [5.41, 5.74) is 8.02. The first kappa shape index (κ1) is 21.4. The van der Waals surface area contributed by atoms with Crippen molar-refractivity contribution >= 4 is 29.1 Å². The molecular formula is C23H28N4O3. The van der Waals surface area contributed by atoms with Crippen molar-refractivity contribution in [2.75, 3.05) is 29.9 Å². The van der Waals surface area contributed by atoms with E-state index < -0.39 is 0 Å². The molecule has 3 rings (SSSR count). The van der Waals surface area contributed by atoms with Gasteiger partial charge in [0.25, 0.3) is 0 Å². The van der Waals surface area contributed by atoms with Gasteiger partial charge in [0.15, 0.2) is 0 Å². The van der Waals surface area contributed by atoms with E-state index >= 15 is 0 Å². The molecule has 30 heavy (non-hydrogen) atoms. The Morgan fingerprint density at radius 1 is 0.933 bits per heavy atom. The standard InChI is InChI=1S/C23H28N4O3/c24-23(30)18-11-14-27(15-12-18)20-9-5-4-8-19(20)26-21(28)10-13-25-22(29)16-17-6-2-1-3-7-17/h1-9,18H,10-16H2,(H2,24,30)(H,25,29)(H,26,28). The van der Waals surface area contributed by atoms with Crippen LogP contribution in [0.1, 0.15) is 24.8 Å². The third kappa shape index (κ3) is 6.07. The highest BCUT2D eigenvalue weighted by Crippen LogP contribution is 2.29. The van der Waals surface area contributed by atoms with Crippen LogP contribution in [0.4, 0.5) is 11.4 Å². The minimum atomic E-state index is -0.245. The molecule has 2 aromatic carbocycles. The number of para-hydroxylation sites is 2. The average Bonchev–Trinajstić information content (AvgIpc) is 2.75. The van der Waals surface area contributed by atoms with Crippen LogP contribution in [0.2, 0.25) is 0 Å². The average molecular weight is 409 g/mol. The number of nitrogens with one attached hydrogen (secondary N) is 2. The Hall–Kier alpha value is -3.35. The molecule has 158 valence electrons. The summed E-state index contributed by atoms with van der Waals surface area (Å²) in [6.45, 7) is 1.72. The van der Waals surface area contributed by atoms with Gasteiger partial charge in [-0.15, -0.1) is 0 Å². The number of nitrogens with two attached hydrogens (primary N) is 1. The summed E-state index contributed by atoms with van der Waals surface area (Å²) in [4.78, 5) is 37.9. The molecule has 4 N–H and O–H groups in total. The van der Waals surface area contributed by atoms with Crippen LogP contribution in [0.5, 0.6) is 0 Å². The summed E-state index contributed by atoms with van der Waals surface area (Å²) < 4.78 is 0. The number of anilines is 2. The second kappa shape index (κ2) is 10.4. The number of carbonyl (C=O) groups is 3. The van der Waals surface area contributed by atoms with E-state index in [2.05, 4.69) is 15.5 Å². The molecule has 0 unspecified atom stereocenters. The SMILES string of the molecule is NC(=O)C1CCN(c2ccccc2NC(=O)CCNC(=O)Cc2ccccc2)CC1. The summed E-state index contributed by atoms with van der Waals surface area (Å²) in [6.07, 6.45) is 1.92. The van der Waals surface area contributed by atoms with E-state index in [1.807, 2.05) is 54.6 Å². The minimum Gasteiger partial charge on any atom is -0.370 e. The van der Waals surface area contributed by atoms with Gasteiger partial charge in [-0.25, -0.2) is 0 Å². The summed E-state index contributed by atoms with van der Waals surface area (Å²) >= 11 is 0. The number of rotatable bonds is 8. The van der Waals surface area contributed by atoms with Gasteiger partial charge in [0.2, 0.25) is 17.7 Å². The van der Waals surface area contributed by atoms with E-state index in [0.717, 1.165) is 30.0 Å². The van der Waals surface area contributed by atoms with Crippen molar-refractivity contribution in [1.82, 2.24) is 5.32 Å². The molecule has 1 fully saturated rings. The Bertz CT molecular complexity index is 877. The molecule has 7 nitrogen and oxygen atoms in total. The maximum absolute atomic E-state index is 12.4. The first-order valence-corrected chi connectivity index (χ1v) is 10.3. The molecule has 1 saturated heterocycles. The number of piperidine rings is 1. The number of benzene rings is 2. The van der Waals surface area contributed by atoms with Gasteiger partial charge < -0.3 is 21.3 Å². The first-order chi connectivity index (χ1) is 14.5. The van der Waals surface area contributed by atoms with Gasteiger partial charge in [-0.05, 0) is 30.5 Å². The van der Waals surface area contributed by atoms with E-state index in [1.165, 1.54) is 0 Å². The highest BCUT2D eigenvalue weighted by atomic mass is 16.2. The predicted octanol–water partition coefficient (Wildman–Crippen LogP) is 2.08. The number of nitrogens with zero attached hydrogens (tertiary/aromatic N) is 1. The lowest BCUT2D eigenvalue weighted by molar-refractivity contribution is -0.122. The fraction of sp³-hybridized carbons (Fsp3) is 0.348. The van der Waals surface area contributed by atoms with Crippen molar-refractivity contribution in [1.29, 1.82) is 0 Å². The summed E-state index contributed by atoms with van der Waals surface area (Å²) in [6, 6.07) is 17.1. The first-order valence-electron chi connectivity index (χ1n) is 10.3. The van der Waals surface area contributed by atoms with E-state index in [1.54, 1.807) is 0 Å². The zero-order chi connectivity index (χ0) is 21.3. The Kier molecular flexibility index (Phi) is 7.43. The van der Waals surface area contributed by atoms with Gasteiger partial charge in [-0.3, -0.25) is 14.4 Å². The zero-order valence-electron chi connectivity index (χ0n) is 17.0. The Morgan fingerprint density at radius 3 is 2.30 bits per heavy atom. The topological polar surface area (TPSA) is 105 Å². The second-order valence-corrected chi connectivity index (χ2v) is 7.49. The van der Waals surface area contributed by atoms with Crippen LogP contribution in [0.15, 0.2) is 54.6 Å². The number of amides is 3. The quantitative estimate of drug-likeness (QED) is 0.622. The molecule has 3 amide bonds. The highest BCUT2D eigenvalue weighted by Gasteiger charge is 2.24. The van der Waals surface area contributed by atoms with Crippen LogP contribution >= 0.6 is 0 Å². The zero-order valence-corrected chi connectivity index (χ0v) is 17.0. The van der Waals surface area contributed by atoms with Crippen LogP contribution in [0.25, 0.3) is 0 Å². The largest absolute Gasteiger partial charge is 0.370 e. The molecule has 0 aliphatic carbocycles. The van der Waals surface area contributed by atoms with Gasteiger partial charge in [0.1, 0.15) is 0 Å². The lowest BCUT2D eigenvalue weighted by atomic mass is 9.96. The third-order valence-electron chi connectivity index (χ3n) is 5.30. The van der Waals surface area contributed by atoms with Gasteiger partial charge in [-0.2, -0.15) is 0 Å². The van der Waals surface area contributed by atoms with Crippen molar-refractivity contribution in [3.63, 3.8) is 0 Å². The smallest absolute Gasteiger partial charge is 0.226 e. The fourth-order valence-electron chi connectivity index (χ4n) is 3.63. The van der Waals surface area contributed by atoms with Crippen molar-refractivity contribution in [2.45, 2.75) is 25.7 Å². The van der Waals surface area contributed by atoms with Crippen molar-refractivity contribution < 1.29 is 14.4 Å². The van der Waals surface area contributed by atoms with Gasteiger partial charge in [0.05, 0.1) is 17.8 Å². The maximum atomic E-state index is 12.4. The second-order valence-electron chi connectivity index (χ2n) is 7.49. The van der Waals surface area contributed by atoms with Crippen molar-refractivity contribution in [2.24, 2.45) is 11.7 Å². The molecule has 7 heteroatoms. The van der Waals surface area contributed by atoms with Crippen LogP contribution in [-0.2, 0) is 20.8 Å². The van der Waals surface area contributed by atoms with Crippen LogP contribution in [0.3, 0.4) is 0 Å². The minimum absolute atomic E-state index is 0.0810. The summed E-state index contributed by atoms with van der Waals surface area (Å²) in [5.74, 6) is -0.589. The third-order valence-corrected chi connectivity index (χ3v) is 5.30. The number of hydrogen-bond donors (Lipinski definition) is 3. The summed E-state index contributed by atoms with van der Waals surface area (Å²) in [7, 11) is 0. The van der Waals surface area contributed by atoms with Crippen LogP contribution < -0.4 is 21.3 Å². The fourth-order valence-corrected chi connectivity index (χ4v) is 3.63. The monoisotopic (exact) mass is 408 g/mol. The van der Waals surface area contributed by atoms with E-state index in [0.29, 0.717) is 19.3 Å². The lowest BCUT2D eigenvalue weighted by Crippen LogP contribution is -2.39. The number of carbonyl (C=O) groups excluding carboxylic acids is 3.